The van der Waals surface area contributed by atoms with Crippen LogP contribution in [0.25, 0.3) is 0 Å². The summed E-state index contributed by atoms with van der Waals surface area (Å²) < 4.78 is 5.23. The minimum atomic E-state index is -0.470. The Kier molecular flexibility index (Phi) is 5.66. The van der Waals surface area contributed by atoms with Crippen LogP contribution < -0.4 is 16.0 Å². The molecule has 1 aliphatic heterocycles. The summed E-state index contributed by atoms with van der Waals surface area (Å²) >= 11 is 0. The summed E-state index contributed by atoms with van der Waals surface area (Å²) in [5, 5.41) is 9.69. The molecular weight excluding hydrogens is 278 g/mol. The van der Waals surface area contributed by atoms with E-state index in [1.807, 2.05) is 39.0 Å². The molecule has 0 aliphatic carbocycles. The molecule has 22 heavy (non-hydrogen) atoms. The maximum absolute atomic E-state index is 11.7. The zero-order valence-electron chi connectivity index (χ0n) is 13.7. The van der Waals surface area contributed by atoms with Gasteiger partial charge in [-0.05, 0) is 57.9 Å². The lowest BCUT2D eigenvalue weighted by molar-refractivity contribution is 0.0523. The number of ether oxygens (including phenoxy) is 1. The Hall–Kier alpha value is -1.75. The van der Waals surface area contributed by atoms with Crippen molar-refractivity contribution in [2.75, 3.05) is 18.4 Å². The third-order valence-electron chi connectivity index (χ3n) is 3.48. The molecule has 1 aromatic rings. The van der Waals surface area contributed by atoms with Crippen molar-refractivity contribution in [3.8, 4) is 0 Å². The van der Waals surface area contributed by atoms with Crippen molar-refractivity contribution in [3.63, 3.8) is 0 Å². The summed E-state index contributed by atoms with van der Waals surface area (Å²) in [6, 6.07) is 8.66. The van der Waals surface area contributed by atoms with Crippen molar-refractivity contribution in [1.82, 2.24) is 10.6 Å². The Bertz CT molecular complexity index is 491. The molecule has 0 spiro atoms. The van der Waals surface area contributed by atoms with Gasteiger partial charge in [0.2, 0.25) is 0 Å². The van der Waals surface area contributed by atoms with Crippen molar-refractivity contribution < 1.29 is 9.53 Å². The molecule has 0 saturated carbocycles. The fourth-order valence-electron chi connectivity index (χ4n) is 2.45. The first-order valence-corrected chi connectivity index (χ1v) is 7.95. The van der Waals surface area contributed by atoms with Crippen LogP contribution in [0.15, 0.2) is 24.3 Å². The van der Waals surface area contributed by atoms with E-state index in [1.165, 1.54) is 12.8 Å². The topological polar surface area (TPSA) is 62.4 Å². The van der Waals surface area contributed by atoms with Crippen LogP contribution in [0.1, 0.15) is 39.2 Å². The second-order valence-electron chi connectivity index (χ2n) is 6.73. The van der Waals surface area contributed by atoms with E-state index in [0.717, 1.165) is 24.3 Å². The van der Waals surface area contributed by atoms with Gasteiger partial charge in [-0.3, -0.25) is 0 Å². The molecule has 1 aromatic carbocycles. The number of amides is 1. The third kappa shape index (κ3) is 5.93. The maximum atomic E-state index is 11.7. The highest BCUT2D eigenvalue weighted by Gasteiger charge is 2.16. The molecule has 0 aromatic heterocycles. The molecule has 1 unspecified atom stereocenters. The molecule has 2 rings (SSSR count). The molecular formula is C17H27N3O2. The Morgan fingerprint density at radius 2 is 2.23 bits per heavy atom. The van der Waals surface area contributed by atoms with Gasteiger partial charge in [0.25, 0.3) is 0 Å². The van der Waals surface area contributed by atoms with Crippen LogP contribution in [0.4, 0.5) is 10.5 Å². The highest BCUT2D eigenvalue weighted by atomic mass is 16.6. The zero-order valence-corrected chi connectivity index (χ0v) is 13.7. The molecule has 1 saturated heterocycles. The zero-order chi connectivity index (χ0) is 16.0. The van der Waals surface area contributed by atoms with Gasteiger partial charge in [-0.15, -0.1) is 0 Å². The molecule has 1 amide bonds. The first-order valence-electron chi connectivity index (χ1n) is 7.95. The van der Waals surface area contributed by atoms with Gasteiger partial charge in [0.15, 0.2) is 0 Å². The highest BCUT2D eigenvalue weighted by molar-refractivity contribution is 5.67. The van der Waals surface area contributed by atoms with Gasteiger partial charge in [0.05, 0.1) is 0 Å². The second kappa shape index (κ2) is 7.49. The summed E-state index contributed by atoms with van der Waals surface area (Å²) in [7, 11) is 0. The van der Waals surface area contributed by atoms with Crippen LogP contribution in [0.5, 0.6) is 0 Å². The Morgan fingerprint density at radius 1 is 1.41 bits per heavy atom. The summed E-state index contributed by atoms with van der Waals surface area (Å²) in [6.45, 7) is 8.08. The second-order valence-corrected chi connectivity index (χ2v) is 6.73. The van der Waals surface area contributed by atoms with Gasteiger partial charge >= 0.3 is 6.09 Å². The van der Waals surface area contributed by atoms with Gasteiger partial charge in [-0.25, -0.2) is 4.79 Å². The number of nitrogens with one attached hydrogen (secondary N) is 3. The number of hydrogen-bond donors (Lipinski definition) is 3. The lowest BCUT2D eigenvalue weighted by atomic mass is 10.2. The fraction of sp³-hybridized carbons (Fsp3) is 0.588. The number of anilines is 1. The maximum Gasteiger partial charge on any atom is 0.407 e. The van der Waals surface area contributed by atoms with Gasteiger partial charge in [0.1, 0.15) is 5.60 Å². The quantitative estimate of drug-likeness (QED) is 0.783. The van der Waals surface area contributed by atoms with Crippen molar-refractivity contribution in [3.05, 3.63) is 29.8 Å². The monoisotopic (exact) mass is 305 g/mol. The summed E-state index contributed by atoms with van der Waals surface area (Å²) in [5.74, 6) is 0. The van der Waals surface area contributed by atoms with Gasteiger partial charge in [-0.1, -0.05) is 12.1 Å². The molecule has 1 atom stereocenters. The van der Waals surface area contributed by atoms with E-state index < -0.39 is 5.60 Å². The lowest BCUT2D eigenvalue weighted by Crippen LogP contribution is -2.32. The molecule has 122 valence electrons. The average Bonchev–Trinajstić information content (AvgIpc) is 2.95. The van der Waals surface area contributed by atoms with E-state index in [9.17, 15) is 4.79 Å². The minimum Gasteiger partial charge on any atom is -0.444 e. The van der Waals surface area contributed by atoms with Crippen LogP contribution in [0.3, 0.4) is 0 Å². The van der Waals surface area contributed by atoms with Crippen LogP contribution in [0.2, 0.25) is 0 Å². The van der Waals surface area contributed by atoms with E-state index in [1.54, 1.807) is 0 Å². The number of hydrogen-bond acceptors (Lipinski definition) is 4. The first-order chi connectivity index (χ1) is 10.4. The molecule has 1 heterocycles. The van der Waals surface area contributed by atoms with E-state index in [-0.39, 0.29) is 6.09 Å². The molecule has 5 nitrogen and oxygen atoms in total. The average molecular weight is 305 g/mol. The summed E-state index contributed by atoms with van der Waals surface area (Å²) in [5.41, 5.74) is 1.66. The number of carbonyl (C=O) groups is 1. The SMILES string of the molecule is CC(C)(C)OC(=O)NCc1cccc(NCC2CCCN2)c1. The normalized spacial score (nSPS) is 18.0. The summed E-state index contributed by atoms with van der Waals surface area (Å²) in [6.07, 6.45) is 2.10. The largest absolute Gasteiger partial charge is 0.444 e. The van der Waals surface area contributed by atoms with Gasteiger partial charge in [-0.2, -0.15) is 0 Å². The van der Waals surface area contributed by atoms with Gasteiger partial charge < -0.3 is 20.7 Å². The van der Waals surface area contributed by atoms with Crippen LogP contribution >= 0.6 is 0 Å². The van der Waals surface area contributed by atoms with Crippen molar-refractivity contribution in [2.45, 2.75) is 51.8 Å². The van der Waals surface area contributed by atoms with Crippen molar-refractivity contribution in [2.24, 2.45) is 0 Å². The number of carbonyl (C=O) groups excluding carboxylic acids is 1. The Balaban J connectivity index is 1.79. The van der Waals surface area contributed by atoms with E-state index in [2.05, 4.69) is 22.0 Å². The molecule has 5 heteroatoms. The predicted molar refractivity (Wildman–Crippen MR) is 89.0 cm³/mol. The summed E-state index contributed by atoms with van der Waals surface area (Å²) in [4.78, 5) is 11.7. The van der Waals surface area contributed by atoms with Gasteiger partial charge in [0, 0.05) is 24.8 Å². The minimum absolute atomic E-state index is 0.388. The van der Waals surface area contributed by atoms with E-state index >= 15 is 0 Å². The highest BCUT2D eigenvalue weighted by Crippen LogP contribution is 2.13. The Labute approximate surface area is 132 Å². The molecule has 0 radical (unpaired) electrons. The predicted octanol–water partition coefficient (Wildman–Crippen LogP) is 2.88. The van der Waals surface area contributed by atoms with Crippen molar-refractivity contribution in [1.29, 1.82) is 0 Å². The van der Waals surface area contributed by atoms with Crippen LogP contribution in [0, 0.1) is 0 Å². The molecule has 0 bridgehead atoms. The van der Waals surface area contributed by atoms with E-state index in [0.29, 0.717) is 12.6 Å². The number of alkyl carbamates (subject to hydrolysis) is 1. The van der Waals surface area contributed by atoms with Crippen LogP contribution in [-0.4, -0.2) is 30.8 Å². The van der Waals surface area contributed by atoms with Crippen LogP contribution in [-0.2, 0) is 11.3 Å². The number of benzene rings is 1. The first kappa shape index (κ1) is 16.6. The lowest BCUT2D eigenvalue weighted by Gasteiger charge is -2.19. The molecule has 1 fully saturated rings. The number of rotatable bonds is 5. The third-order valence-corrected chi connectivity index (χ3v) is 3.48. The standard InChI is InChI=1S/C17H27N3O2/c1-17(2,3)22-16(21)20-11-13-6-4-7-14(10-13)19-12-15-8-5-9-18-15/h4,6-7,10,15,18-19H,5,8-9,11-12H2,1-3H3,(H,20,21). The van der Waals surface area contributed by atoms with E-state index in [4.69, 9.17) is 4.74 Å². The molecule has 1 aliphatic rings. The fourth-order valence-corrected chi connectivity index (χ4v) is 2.45. The smallest absolute Gasteiger partial charge is 0.407 e. The Morgan fingerprint density at radius 3 is 2.91 bits per heavy atom. The van der Waals surface area contributed by atoms with Crippen molar-refractivity contribution >= 4 is 11.8 Å². The molecule has 3 N–H and O–H groups in total.